The van der Waals surface area contributed by atoms with Gasteiger partial charge in [0, 0.05) is 30.9 Å². The molecule has 1 aliphatic rings. The lowest BCUT2D eigenvalue weighted by Crippen LogP contribution is -2.41. The fraction of sp³-hybridized carbons (Fsp3) is 0.385. The molecule has 1 aliphatic heterocycles. The predicted molar refractivity (Wildman–Crippen MR) is 74.5 cm³/mol. The van der Waals surface area contributed by atoms with E-state index in [1.165, 1.54) is 12.3 Å². The average Bonchev–Trinajstić information content (AvgIpc) is 2.39. The zero-order valence-electron chi connectivity index (χ0n) is 10.4. The van der Waals surface area contributed by atoms with Crippen molar-refractivity contribution in [3.63, 3.8) is 0 Å². The van der Waals surface area contributed by atoms with Crippen molar-refractivity contribution in [2.45, 2.75) is 18.9 Å². The summed E-state index contributed by atoms with van der Waals surface area (Å²) in [6.07, 6.45) is 5.63. The topological polar surface area (TPSA) is 79.5 Å². The zero-order valence-corrected chi connectivity index (χ0v) is 11.2. The Morgan fingerprint density at radius 3 is 3.16 bits per heavy atom. The lowest BCUT2D eigenvalue weighted by atomic mass is 10.1. The van der Waals surface area contributed by atoms with E-state index in [2.05, 4.69) is 4.98 Å². The number of nitrogens with two attached hydrogens (primary N) is 1. The van der Waals surface area contributed by atoms with Crippen molar-refractivity contribution in [2.24, 2.45) is 0 Å². The third kappa shape index (κ3) is 3.68. The van der Waals surface area contributed by atoms with E-state index >= 15 is 0 Å². The van der Waals surface area contributed by atoms with Crippen LogP contribution in [0.3, 0.4) is 0 Å². The Bertz CT molecular complexity index is 505. The van der Waals surface area contributed by atoms with Crippen molar-refractivity contribution < 1.29 is 9.90 Å². The molecular weight excluding hydrogens is 266 g/mol. The van der Waals surface area contributed by atoms with Gasteiger partial charge in [0.25, 0.3) is 0 Å². The minimum Gasteiger partial charge on any atom is -0.391 e. The van der Waals surface area contributed by atoms with E-state index in [1.807, 2.05) is 0 Å². The molecule has 102 valence electrons. The van der Waals surface area contributed by atoms with Crippen LogP contribution in [0.1, 0.15) is 18.4 Å². The zero-order chi connectivity index (χ0) is 13.8. The quantitative estimate of drug-likeness (QED) is 0.801. The molecule has 0 spiro atoms. The van der Waals surface area contributed by atoms with E-state index in [4.69, 9.17) is 17.3 Å². The van der Waals surface area contributed by atoms with Crippen LogP contribution in [0.5, 0.6) is 0 Å². The number of β-amino-alcohol motifs (C(OH)–C–C–N with tert-alkyl or cyclic N) is 1. The Morgan fingerprint density at radius 2 is 2.42 bits per heavy atom. The Balaban J connectivity index is 2.05. The minimum absolute atomic E-state index is 0.141. The van der Waals surface area contributed by atoms with Gasteiger partial charge in [-0.2, -0.15) is 0 Å². The molecule has 19 heavy (non-hydrogen) atoms. The highest BCUT2D eigenvalue weighted by atomic mass is 35.5. The number of halogens is 1. The van der Waals surface area contributed by atoms with Gasteiger partial charge < -0.3 is 15.7 Å². The van der Waals surface area contributed by atoms with E-state index in [-0.39, 0.29) is 5.91 Å². The molecule has 1 fully saturated rings. The van der Waals surface area contributed by atoms with Gasteiger partial charge in [-0.15, -0.1) is 0 Å². The number of carbonyl (C=O) groups is 1. The normalized spacial score (nSPS) is 19.9. The number of aliphatic hydroxyl groups is 1. The van der Waals surface area contributed by atoms with E-state index in [9.17, 15) is 9.90 Å². The molecule has 1 aromatic rings. The largest absolute Gasteiger partial charge is 0.391 e. The molecular formula is C13H16ClN3O2. The molecule has 1 saturated heterocycles. The predicted octanol–water partition coefficient (Wildman–Crippen LogP) is 1.31. The second-order valence-electron chi connectivity index (χ2n) is 4.54. The maximum Gasteiger partial charge on any atom is 0.246 e. The average molecular weight is 282 g/mol. The number of pyridine rings is 1. The number of likely N-dealkylation sites (tertiary alicyclic amines) is 1. The van der Waals surface area contributed by atoms with Crippen LogP contribution in [0.15, 0.2) is 18.3 Å². The fourth-order valence-corrected chi connectivity index (χ4v) is 2.19. The Morgan fingerprint density at radius 1 is 1.63 bits per heavy atom. The Kier molecular flexibility index (Phi) is 4.39. The lowest BCUT2D eigenvalue weighted by Gasteiger charge is -2.29. The van der Waals surface area contributed by atoms with Crippen molar-refractivity contribution in [2.75, 3.05) is 18.8 Å². The maximum absolute atomic E-state index is 11.9. The summed E-state index contributed by atoms with van der Waals surface area (Å²) in [5.41, 5.74) is 6.30. The van der Waals surface area contributed by atoms with Gasteiger partial charge in [0.15, 0.2) is 0 Å². The van der Waals surface area contributed by atoms with E-state index in [0.717, 1.165) is 12.8 Å². The van der Waals surface area contributed by atoms with Gasteiger partial charge in [0.2, 0.25) is 5.91 Å². The molecule has 3 N–H and O–H groups in total. The van der Waals surface area contributed by atoms with Crippen molar-refractivity contribution in [1.82, 2.24) is 9.88 Å². The summed E-state index contributed by atoms with van der Waals surface area (Å²) in [7, 11) is 0. The first-order valence-electron chi connectivity index (χ1n) is 6.12. The number of piperidine rings is 1. The SMILES string of the molecule is Nc1ncc(Cl)cc1/C=C/C(=O)N1CCCC(O)C1. The first kappa shape index (κ1) is 13.8. The smallest absolute Gasteiger partial charge is 0.246 e. The number of carbonyl (C=O) groups excluding carboxylic acids is 1. The molecule has 0 radical (unpaired) electrons. The summed E-state index contributed by atoms with van der Waals surface area (Å²) >= 11 is 5.82. The third-order valence-corrected chi connectivity index (χ3v) is 3.24. The summed E-state index contributed by atoms with van der Waals surface area (Å²) in [5.74, 6) is 0.185. The second kappa shape index (κ2) is 6.04. The number of nitrogens with zero attached hydrogens (tertiary/aromatic N) is 2. The lowest BCUT2D eigenvalue weighted by molar-refractivity contribution is -0.128. The van der Waals surface area contributed by atoms with Gasteiger partial charge in [-0.1, -0.05) is 11.6 Å². The number of hydrogen-bond donors (Lipinski definition) is 2. The van der Waals surface area contributed by atoms with Crippen LogP contribution in [-0.4, -0.2) is 40.1 Å². The van der Waals surface area contributed by atoms with E-state index < -0.39 is 6.10 Å². The molecule has 0 bridgehead atoms. The molecule has 0 saturated carbocycles. The van der Waals surface area contributed by atoms with Gasteiger partial charge in [-0.3, -0.25) is 4.79 Å². The van der Waals surface area contributed by atoms with Gasteiger partial charge in [0.05, 0.1) is 11.1 Å². The summed E-state index contributed by atoms with van der Waals surface area (Å²) in [6.45, 7) is 1.05. The second-order valence-corrected chi connectivity index (χ2v) is 4.98. The Hall–Kier alpha value is -1.59. The molecule has 6 heteroatoms. The monoisotopic (exact) mass is 281 g/mol. The molecule has 1 amide bonds. The van der Waals surface area contributed by atoms with Crippen LogP contribution in [0.4, 0.5) is 5.82 Å². The molecule has 2 heterocycles. The number of nitrogen functional groups attached to an aromatic ring is 1. The minimum atomic E-state index is -0.427. The number of aromatic nitrogens is 1. The van der Waals surface area contributed by atoms with Crippen LogP contribution in [0, 0.1) is 0 Å². The number of rotatable bonds is 2. The first-order chi connectivity index (χ1) is 9.06. The van der Waals surface area contributed by atoms with Crippen molar-refractivity contribution in [1.29, 1.82) is 0 Å². The molecule has 1 unspecified atom stereocenters. The van der Waals surface area contributed by atoms with E-state index in [0.29, 0.717) is 29.5 Å². The van der Waals surface area contributed by atoms with Crippen LogP contribution < -0.4 is 5.73 Å². The van der Waals surface area contributed by atoms with Crippen LogP contribution >= 0.6 is 11.6 Å². The molecule has 0 aromatic carbocycles. The summed E-state index contributed by atoms with van der Waals surface area (Å²) in [5, 5.41) is 10.00. The van der Waals surface area contributed by atoms with Gasteiger partial charge >= 0.3 is 0 Å². The molecule has 1 aromatic heterocycles. The van der Waals surface area contributed by atoms with E-state index in [1.54, 1.807) is 17.0 Å². The number of amides is 1. The highest BCUT2D eigenvalue weighted by Gasteiger charge is 2.20. The number of anilines is 1. The highest BCUT2D eigenvalue weighted by Crippen LogP contribution is 2.17. The van der Waals surface area contributed by atoms with Crippen molar-refractivity contribution in [3.05, 3.63) is 28.9 Å². The molecule has 2 rings (SSSR count). The third-order valence-electron chi connectivity index (χ3n) is 3.03. The maximum atomic E-state index is 11.9. The van der Waals surface area contributed by atoms with Crippen LogP contribution in [0.2, 0.25) is 5.02 Å². The standard InChI is InChI=1S/C13H16ClN3O2/c14-10-6-9(13(15)16-7-10)3-4-12(19)17-5-1-2-11(18)8-17/h3-4,6-7,11,18H,1-2,5,8H2,(H2,15,16)/b4-3+. The summed E-state index contributed by atoms with van der Waals surface area (Å²) in [6, 6.07) is 1.65. The number of hydrogen-bond acceptors (Lipinski definition) is 4. The van der Waals surface area contributed by atoms with Gasteiger partial charge in [-0.05, 0) is 25.0 Å². The fourth-order valence-electron chi connectivity index (χ4n) is 2.02. The Labute approximate surface area is 116 Å². The molecule has 0 aliphatic carbocycles. The highest BCUT2D eigenvalue weighted by molar-refractivity contribution is 6.30. The van der Waals surface area contributed by atoms with Gasteiger partial charge in [0.1, 0.15) is 5.82 Å². The van der Waals surface area contributed by atoms with Crippen molar-refractivity contribution in [3.8, 4) is 0 Å². The summed E-state index contributed by atoms with van der Waals surface area (Å²) in [4.78, 5) is 17.5. The van der Waals surface area contributed by atoms with Crippen LogP contribution in [-0.2, 0) is 4.79 Å². The van der Waals surface area contributed by atoms with Crippen molar-refractivity contribution >= 4 is 29.4 Å². The number of aliphatic hydroxyl groups excluding tert-OH is 1. The molecule has 1 atom stereocenters. The first-order valence-corrected chi connectivity index (χ1v) is 6.50. The summed E-state index contributed by atoms with van der Waals surface area (Å²) < 4.78 is 0. The van der Waals surface area contributed by atoms with Crippen LogP contribution in [0.25, 0.3) is 6.08 Å². The van der Waals surface area contributed by atoms with Gasteiger partial charge in [-0.25, -0.2) is 4.98 Å². The molecule has 5 nitrogen and oxygen atoms in total.